The lowest BCUT2D eigenvalue weighted by atomic mass is 10.2. The average Bonchev–Trinajstić information content (AvgIpc) is 2.74. The van der Waals surface area contributed by atoms with Gasteiger partial charge in [-0.25, -0.2) is 4.39 Å². The first-order chi connectivity index (χ1) is 14.1. The van der Waals surface area contributed by atoms with E-state index in [-0.39, 0.29) is 5.69 Å². The zero-order chi connectivity index (χ0) is 20.2. The van der Waals surface area contributed by atoms with Gasteiger partial charge in [0.1, 0.15) is 5.82 Å². The van der Waals surface area contributed by atoms with E-state index in [4.69, 9.17) is 0 Å². The summed E-state index contributed by atoms with van der Waals surface area (Å²) < 4.78 is 13.2. The molecule has 2 heterocycles. The van der Waals surface area contributed by atoms with Gasteiger partial charge in [0.15, 0.2) is 11.5 Å². The lowest BCUT2D eigenvalue weighted by molar-refractivity contribution is 0.102. The van der Waals surface area contributed by atoms with E-state index in [2.05, 4.69) is 56.5 Å². The van der Waals surface area contributed by atoms with Gasteiger partial charge in [0, 0.05) is 37.6 Å². The Morgan fingerprint density at radius 3 is 2.38 bits per heavy atom. The highest BCUT2D eigenvalue weighted by Gasteiger charge is 2.19. The van der Waals surface area contributed by atoms with E-state index in [0.29, 0.717) is 5.69 Å². The van der Waals surface area contributed by atoms with Crippen LogP contribution < -0.4 is 15.1 Å². The van der Waals surface area contributed by atoms with Crippen molar-refractivity contribution >= 4 is 23.1 Å². The third-order valence-corrected chi connectivity index (χ3v) is 4.94. The second kappa shape index (κ2) is 8.26. The molecule has 0 unspecified atom stereocenters. The smallest absolute Gasteiger partial charge is 0.276 e. The maximum atomic E-state index is 13.2. The molecule has 1 fully saturated rings. The minimum Gasteiger partial charge on any atom is -0.368 e. The first-order valence-electron chi connectivity index (χ1n) is 9.56. The van der Waals surface area contributed by atoms with Crippen LogP contribution in [0.3, 0.4) is 0 Å². The van der Waals surface area contributed by atoms with Gasteiger partial charge < -0.3 is 15.1 Å². The maximum absolute atomic E-state index is 13.2. The van der Waals surface area contributed by atoms with Crippen LogP contribution in [0.15, 0.2) is 60.7 Å². The predicted octanol–water partition coefficient (Wildman–Crippen LogP) is 3.50. The Labute approximate surface area is 169 Å². The summed E-state index contributed by atoms with van der Waals surface area (Å²) in [5.74, 6) is -0.0795. The fourth-order valence-corrected chi connectivity index (χ4v) is 3.39. The number of hydrogen-bond acceptors (Lipinski definition) is 5. The molecule has 1 N–H and O–H groups in total. The van der Waals surface area contributed by atoms with Crippen molar-refractivity contribution in [3.8, 4) is 0 Å². The van der Waals surface area contributed by atoms with E-state index in [1.54, 1.807) is 18.2 Å². The van der Waals surface area contributed by atoms with Crippen molar-refractivity contribution in [2.45, 2.75) is 6.92 Å². The van der Waals surface area contributed by atoms with Crippen LogP contribution in [0.4, 0.5) is 21.6 Å². The molecule has 148 valence electrons. The number of amides is 1. The molecule has 7 heteroatoms. The van der Waals surface area contributed by atoms with Crippen LogP contribution in [0.1, 0.15) is 16.1 Å². The van der Waals surface area contributed by atoms with Crippen molar-refractivity contribution in [2.75, 3.05) is 41.3 Å². The molecule has 1 aliphatic rings. The fraction of sp³-hybridized carbons (Fsp3) is 0.227. The molecule has 6 nitrogen and oxygen atoms in total. The van der Waals surface area contributed by atoms with Crippen LogP contribution in [0, 0.1) is 12.7 Å². The molecule has 0 aliphatic carbocycles. The van der Waals surface area contributed by atoms with Crippen molar-refractivity contribution in [1.29, 1.82) is 0 Å². The lowest BCUT2D eigenvalue weighted by Crippen LogP contribution is -2.47. The second-order valence-corrected chi connectivity index (χ2v) is 7.05. The molecular weight excluding hydrogens is 369 g/mol. The van der Waals surface area contributed by atoms with Gasteiger partial charge >= 0.3 is 0 Å². The summed E-state index contributed by atoms with van der Waals surface area (Å²) >= 11 is 0. The Hall–Kier alpha value is -3.48. The Morgan fingerprint density at radius 1 is 0.931 bits per heavy atom. The Morgan fingerprint density at radius 2 is 1.69 bits per heavy atom. The van der Waals surface area contributed by atoms with Gasteiger partial charge in [-0.05, 0) is 55.0 Å². The summed E-state index contributed by atoms with van der Waals surface area (Å²) in [6.07, 6.45) is 0. The normalized spacial score (nSPS) is 14.0. The molecule has 0 spiro atoms. The molecule has 0 bridgehead atoms. The number of aryl methyl sites for hydroxylation is 1. The van der Waals surface area contributed by atoms with Gasteiger partial charge in [-0.1, -0.05) is 18.2 Å². The molecule has 29 heavy (non-hydrogen) atoms. The van der Waals surface area contributed by atoms with E-state index in [9.17, 15) is 9.18 Å². The van der Waals surface area contributed by atoms with Crippen molar-refractivity contribution in [3.05, 3.63) is 77.7 Å². The van der Waals surface area contributed by atoms with E-state index < -0.39 is 11.7 Å². The van der Waals surface area contributed by atoms with Gasteiger partial charge in [-0.15, -0.1) is 10.2 Å². The van der Waals surface area contributed by atoms with Crippen LogP contribution in [0.2, 0.25) is 0 Å². The lowest BCUT2D eigenvalue weighted by Gasteiger charge is -2.36. The molecule has 3 aromatic rings. The standard InChI is InChI=1S/C22H22FN5O/c1-16-4-2-7-19(14-16)27-10-12-28(13-11-27)21-9-8-20(25-26-21)22(29)24-18-6-3-5-17(23)15-18/h2-9,14-15H,10-13H2,1H3,(H,24,29). The number of hydrogen-bond donors (Lipinski definition) is 1. The number of benzene rings is 2. The van der Waals surface area contributed by atoms with Crippen LogP contribution >= 0.6 is 0 Å². The molecule has 0 atom stereocenters. The molecular formula is C22H22FN5O. The molecule has 1 aliphatic heterocycles. The van der Waals surface area contributed by atoms with Crippen LogP contribution in [0.25, 0.3) is 0 Å². The van der Waals surface area contributed by atoms with Crippen LogP contribution in [-0.4, -0.2) is 42.3 Å². The first-order valence-corrected chi connectivity index (χ1v) is 9.56. The predicted molar refractivity (Wildman–Crippen MR) is 112 cm³/mol. The van der Waals surface area contributed by atoms with E-state index >= 15 is 0 Å². The molecule has 1 saturated heterocycles. The van der Waals surface area contributed by atoms with Crippen molar-refractivity contribution in [1.82, 2.24) is 10.2 Å². The van der Waals surface area contributed by atoms with Crippen molar-refractivity contribution in [3.63, 3.8) is 0 Å². The molecule has 4 rings (SSSR count). The minimum atomic E-state index is -0.418. The van der Waals surface area contributed by atoms with E-state index in [1.807, 2.05) is 0 Å². The number of carbonyl (C=O) groups is 1. The number of nitrogens with one attached hydrogen (secondary N) is 1. The van der Waals surface area contributed by atoms with Crippen LogP contribution in [-0.2, 0) is 0 Å². The molecule has 1 aromatic heterocycles. The highest BCUT2D eigenvalue weighted by Crippen LogP contribution is 2.20. The summed E-state index contributed by atoms with van der Waals surface area (Å²) in [5, 5.41) is 10.9. The molecule has 1 amide bonds. The Kier molecular flexibility index (Phi) is 5.37. The van der Waals surface area contributed by atoms with Crippen molar-refractivity contribution in [2.24, 2.45) is 0 Å². The summed E-state index contributed by atoms with van der Waals surface area (Å²) in [4.78, 5) is 16.8. The topological polar surface area (TPSA) is 61.4 Å². The zero-order valence-corrected chi connectivity index (χ0v) is 16.2. The Bertz CT molecular complexity index is 1000. The highest BCUT2D eigenvalue weighted by molar-refractivity contribution is 6.02. The highest BCUT2D eigenvalue weighted by atomic mass is 19.1. The van der Waals surface area contributed by atoms with Gasteiger partial charge in [0.2, 0.25) is 0 Å². The number of nitrogens with zero attached hydrogens (tertiary/aromatic N) is 4. The monoisotopic (exact) mass is 391 g/mol. The molecule has 0 saturated carbocycles. The first kappa shape index (κ1) is 18.9. The number of anilines is 3. The Balaban J connectivity index is 1.36. The van der Waals surface area contributed by atoms with Crippen LogP contribution in [0.5, 0.6) is 0 Å². The SMILES string of the molecule is Cc1cccc(N2CCN(c3ccc(C(=O)Nc4cccc(F)c4)nn3)CC2)c1. The second-order valence-electron chi connectivity index (χ2n) is 7.05. The third-order valence-electron chi connectivity index (χ3n) is 4.94. The number of halogens is 1. The third kappa shape index (κ3) is 4.51. The van der Waals surface area contributed by atoms with Gasteiger partial charge in [0.25, 0.3) is 5.91 Å². The average molecular weight is 391 g/mol. The fourth-order valence-electron chi connectivity index (χ4n) is 3.39. The van der Waals surface area contributed by atoms with Gasteiger partial charge in [-0.2, -0.15) is 0 Å². The van der Waals surface area contributed by atoms with Gasteiger partial charge in [-0.3, -0.25) is 4.79 Å². The maximum Gasteiger partial charge on any atom is 0.276 e. The van der Waals surface area contributed by atoms with E-state index in [1.165, 1.54) is 29.4 Å². The zero-order valence-electron chi connectivity index (χ0n) is 16.2. The summed E-state index contributed by atoms with van der Waals surface area (Å²) in [7, 11) is 0. The van der Waals surface area contributed by atoms with Gasteiger partial charge in [0.05, 0.1) is 0 Å². The summed E-state index contributed by atoms with van der Waals surface area (Å²) in [5.41, 5.74) is 3.06. The molecule has 2 aromatic carbocycles. The largest absolute Gasteiger partial charge is 0.368 e. The van der Waals surface area contributed by atoms with Crippen molar-refractivity contribution < 1.29 is 9.18 Å². The molecule has 0 radical (unpaired) electrons. The number of carbonyl (C=O) groups excluding carboxylic acids is 1. The number of aromatic nitrogens is 2. The number of rotatable bonds is 4. The summed E-state index contributed by atoms with van der Waals surface area (Å²) in [6.45, 7) is 5.55. The summed E-state index contributed by atoms with van der Waals surface area (Å²) in [6, 6.07) is 17.7. The number of piperazine rings is 1. The quantitative estimate of drug-likeness (QED) is 0.738. The van der Waals surface area contributed by atoms with E-state index in [0.717, 1.165) is 32.0 Å². The minimum absolute atomic E-state index is 0.191.